The predicted octanol–water partition coefficient (Wildman–Crippen LogP) is 2.92. The maximum Gasteiger partial charge on any atom is 0.248 e. The number of carbonyl (C=O) groups excluding carboxylic acids is 1. The molecule has 1 heterocycles. The number of tetrazole rings is 1. The fourth-order valence-corrected chi connectivity index (χ4v) is 2.52. The van der Waals surface area contributed by atoms with Gasteiger partial charge in [-0.3, -0.25) is 4.79 Å². The molecule has 0 saturated heterocycles. The van der Waals surface area contributed by atoms with Crippen LogP contribution in [0.15, 0.2) is 42.5 Å². The van der Waals surface area contributed by atoms with Gasteiger partial charge in [0, 0.05) is 5.56 Å². The van der Waals surface area contributed by atoms with Gasteiger partial charge in [0.05, 0.1) is 13.2 Å². The first-order chi connectivity index (χ1) is 13.6. The molecule has 2 aromatic carbocycles. The Morgan fingerprint density at radius 3 is 2.32 bits per heavy atom. The number of benzene rings is 2. The Bertz CT molecular complexity index is 919. The van der Waals surface area contributed by atoms with Gasteiger partial charge in [-0.1, -0.05) is 6.07 Å². The lowest BCUT2D eigenvalue weighted by Crippen LogP contribution is -2.21. The van der Waals surface area contributed by atoms with Gasteiger partial charge in [-0.05, 0) is 55.5 Å². The molecule has 0 unspecified atom stereocenters. The summed E-state index contributed by atoms with van der Waals surface area (Å²) in [5, 5.41) is 14.7. The van der Waals surface area contributed by atoms with E-state index in [9.17, 15) is 9.18 Å². The smallest absolute Gasteiger partial charge is 0.248 e. The van der Waals surface area contributed by atoms with E-state index < -0.39 is 0 Å². The van der Waals surface area contributed by atoms with Crippen LogP contribution >= 0.6 is 0 Å². The highest BCUT2D eigenvalue weighted by molar-refractivity contribution is 5.94. The van der Waals surface area contributed by atoms with Crippen LogP contribution in [0, 0.1) is 5.82 Å². The number of rotatable bonds is 8. The Balaban J connectivity index is 1.73. The van der Waals surface area contributed by atoms with Crippen molar-refractivity contribution in [3.63, 3.8) is 0 Å². The van der Waals surface area contributed by atoms with E-state index in [1.807, 2.05) is 13.8 Å². The van der Waals surface area contributed by atoms with E-state index in [4.69, 9.17) is 9.47 Å². The average molecular weight is 385 g/mol. The van der Waals surface area contributed by atoms with E-state index in [-0.39, 0.29) is 18.3 Å². The molecule has 0 atom stereocenters. The Morgan fingerprint density at radius 2 is 1.71 bits per heavy atom. The molecule has 8 nitrogen and oxygen atoms in total. The summed E-state index contributed by atoms with van der Waals surface area (Å²) in [5.74, 6) is 0.614. The van der Waals surface area contributed by atoms with E-state index >= 15 is 0 Å². The van der Waals surface area contributed by atoms with Crippen molar-refractivity contribution >= 4 is 11.6 Å². The first-order valence-electron chi connectivity index (χ1n) is 8.83. The molecule has 146 valence electrons. The van der Waals surface area contributed by atoms with Gasteiger partial charge in [-0.2, -0.15) is 4.80 Å². The number of nitrogens with zero attached hydrogens (tertiary/aromatic N) is 4. The number of ether oxygens (including phenoxy) is 2. The highest BCUT2D eigenvalue weighted by Gasteiger charge is 2.16. The van der Waals surface area contributed by atoms with Gasteiger partial charge in [-0.15, -0.1) is 10.2 Å². The number of hydrogen-bond donors (Lipinski definition) is 1. The summed E-state index contributed by atoms with van der Waals surface area (Å²) >= 11 is 0. The maximum atomic E-state index is 13.0. The minimum Gasteiger partial charge on any atom is -0.492 e. The van der Waals surface area contributed by atoms with Crippen molar-refractivity contribution in [3.05, 3.63) is 48.3 Å². The van der Waals surface area contributed by atoms with Gasteiger partial charge in [0.15, 0.2) is 0 Å². The van der Waals surface area contributed by atoms with E-state index in [0.717, 1.165) is 4.80 Å². The van der Waals surface area contributed by atoms with Gasteiger partial charge < -0.3 is 14.8 Å². The van der Waals surface area contributed by atoms with Crippen LogP contribution in [0.1, 0.15) is 13.8 Å². The summed E-state index contributed by atoms with van der Waals surface area (Å²) < 4.78 is 24.2. The molecule has 0 aliphatic carbocycles. The Kier molecular flexibility index (Phi) is 6.15. The van der Waals surface area contributed by atoms with Gasteiger partial charge in [0.25, 0.3) is 0 Å². The van der Waals surface area contributed by atoms with Gasteiger partial charge in [0.1, 0.15) is 29.5 Å². The number of hydrogen-bond acceptors (Lipinski definition) is 6. The largest absolute Gasteiger partial charge is 0.492 e. The highest BCUT2D eigenvalue weighted by Crippen LogP contribution is 2.34. The number of anilines is 1. The van der Waals surface area contributed by atoms with Gasteiger partial charge in [0.2, 0.25) is 11.7 Å². The monoisotopic (exact) mass is 385 g/mol. The zero-order chi connectivity index (χ0) is 19.9. The highest BCUT2D eigenvalue weighted by atomic mass is 19.1. The molecule has 0 spiro atoms. The Hall–Kier alpha value is -3.49. The van der Waals surface area contributed by atoms with E-state index in [0.29, 0.717) is 41.8 Å². The topological polar surface area (TPSA) is 91.2 Å². The molecule has 1 N–H and O–H groups in total. The van der Waals surface area contributed by atoms with Crippen LogP contribution in [0.4, 0.5) is 10.1 Å². The average Bonchev–Trinajstić information content (AvgIpc) is 3.13. The van der Waals surface area contributed by atoms with Crippen LogP contribution in [0.2, 0.25) is 0 Å². The molecular formula is C19H20FN5O3. The number of carbonyl (C=O) groups is 1. The zero-order valence-corrected chi connectivity index (χ0v) is 15.6. The van der Waals surface area contributed by atoms with Crippen molar-refractivity contribution in [2.24, 2.45) is 0 Å². The van der Waals surface area contributed by atoms with Gasteiger partial charge >= 0.3 is 0 Å². The summed E-state index contributed by atoms with van der Waals surface area (Å²) in [4.78, 5) is 13.6. The second-order valence-corrected chi connectivity index (χ2v) is 5.69. The van der Waals surface area contributed by atoms with Crippen molar-refractivity contribution in [1.82, 2.24) is 20.2 Å². The molecule has 0 saturated carbocycles. The van der Waals surface area contributed by atoms with Gasteiger partial charge in [-0.25, -0.2) is 4.39 Å². The molecule has 3 rings (SSSR count). The first kappa shape index (κ1) is 19.3. The van der Waals surface area contributed by atoms with E-state index in [1.165, 1.54) is 12.1 Å². The quantitative estimate of drug-likeness (QED) is 0.641. The summed E-state index contributed by atoms with van der Waals surface area (Å²) in [6.07, 6.45) is 0. The van der Waals surface area contributed by atoms with Crippen molar-refractivity contribution in [2.45, 2.75) is 20.4 Å². The van der Waals surface area contributed by atoms with Crippen molar-refractivity contribution in [2.75, 3.05) is 18.5 Å². The molecule has 0 aliphatic rings. The molecule has 3 aromatic rings. The molecule has 9 heteroatoms. The van der Waals surface area contributed by atoms with Crippen molar-refractivity contribution in [1.29, 1.82) is 0 Å². The molecule has 0 bridgehead atoms. The summed E-state index contributed by atoms with van der Waals surface area (Å²) in [6, 6.07) is 11.0. The third-order valence-corrected chi connectivity index (χ3v) is 3.69. The molecule has 1 amide bonds. The fourth-order valence-electron chi connectivity index (χ4n) is 2.52. The third kappa shape index (κ3) is 4.61. The van der Waals surface area contributed by atoms with Crippen molar-refractivity contribution in [3.8, 4) is 22.9 Å². The fraction of sp³-hybridized carbons (Fsp3) is 0.263. The molecule has 0 fully saturated rings. The summed E-state index contributed by atoms with van der Waals surface area (Å²) in [5.41, 5.74) is 1.06. The Morgan fingerprint density at radius 1 is 1.07 bits per heavy atom. The lowest BCUT2D eigenvalue weighted by atomic mass is 10.2. The van der Waals surface area contributed by atoms with Crippen molar-refractivity contribution < 1.29 is 18.7 Å². The lowest BCUT2D eigenvalue weighted by Gasteiger charge is -2.15. The van der Waals surface area contributed by atoms with Crippen LogP contribution in [0.25, 0.3) is 11.4 Å². The van der Waals surface area contributed by atoms with E-state index in [2.05, 4.69) is 20.7 Å². The maximum absolute atomic E-state index is 13.0. The molecule has 1 aromatic heterocycles. The van der Waals surface area contributed by atoms with Crippen LogP contribution in [-0.4, -0.2) is 39.3 Å². The SMILES string of the molecule is CCOc1cccc(OCC)c1NC(=O)Cn1nnc(-c2ccc(F)cc2)n1. The molecule has 28 heavy (non-hydrogen) atoms. The second-order valence-electron chi connectivity index (χ2n) is 5.69. The van der Waals surface area contributed by atoms with Crippen LogP contribution < -0.4 is 14.8 Å². The minimum absolute atomic E-state index is 0.153. The molecular weight excluding hydrogens is 365 g/mol. The summed E-state index contributed by atoms with van der Waals surface area (Å²) in [7, 11) is 0. The lowest BCUT2D eigenvalue weighted by molar-refractivity contribution is -0.117. The zero-order valence-electron chi connectivity index (χ0n) is 15.6. The third-order valence-electron chi connectivity index (χ3n) is 3.69. The van der Waals surface area contributed by atoms with Crippen LogP contribution in [-0.2, 0) is 11.3 Å². The number of para-hydroxylation sites is 1. The van der Waals surface area contributed by atoms with Crippen LogP contribution in [0.5, 0.6) is 11.5 Å². The first-order valence-corrected chi connectivity index (χ1v) is 8.83. The van der Waals surface area contributed by atoms with Crippen LogP contribution in [0.3, 0.4) is 0 Å². The minimum atomic E-state index is -0.365. The summed E-state index contributed by atoms with van der Waals surface area (Å²) in [6.45, 7) is 4.46. The van der Waals surface area contributed by atoms with E-state index in [1.54, 1.807) is 30.3 Å². The Labute approximate surface area is 161 Å². The second kappa shape index (κ2) is 8.94. The normalized spacial score (nSPS) is 10.5. The number of amides is 1. The number of aromatic nitrogens is 4. The molecule has 0 aliphatic heterocycles. The number of nitrogens with one attached hydrogen (secondary N) is 1. The standard InChI is InChI=1S/C19H20FN5O3/c1-3-27-15-6-5-7-16(28-4-2)18(15)21-17(26)12-25-23-19(22-24-25)13-8-10-14(20)11-9-13/h5-11H,3-4,12H2,1-2H3,(H,21,26). The predicted molar refractivity (Wildman–Crippen MR) is 101 cm³/mol. The molecule has 0 radical (unpaired) electrons. The number of halogens is 1.